The molecule has 3 aromatic rings. The molecule has 3 heterocycles. The first-order valence-corrected chi connectivity index (χ1v) is 13.9. The Hall–Kier alpha value is -3.87. The van der Waals surface area contributed by atoms with Crippen molar-refractivity contribution < 1.29 is 28.2 Å². The van der Waals surface area contributed by atoms with Gasteiger partial charge in [-0.15, -0.1) is 10.2 Å². The van der Waals surface area contributed by atoms with Gasteiger partial charge < -0.3 is 14.7 Å². The topological polar surface area (TPSA) is 118 Å². The summed E-state index contributed by atoms with van der Waals surface area (Å²) in [5.74, 6) is -3.30. The third-order valence-electron chi connectivity index (χ3n) is 8.44. The molecule has 2 saturated carbocycles. The zero-order chi connectivity index (χ0) is 28.5. The number of fused-ring (bicyclic) bond motifs is 3. The Balaban J connectivity index is 1.40. The summed E-state index contributed by atoms with van der Waals surface area (Å²) in [4.78, 5) is 41.4. The lowest BCUT2D eigenvalue weighted by Crippen LogP contribution is -2.70. The summed E-state index contributed by atoms with van der Waals surface area (Å²) in [7, 11) is 1.78. The van der Waals surface area contributed by atoms with E-state index in [1.54, 1.807) is 18.9 Å². The molecule has 0 saturated heterocycles. The van der Waals surface area contributed by atoms with Gasteiger partial charge in [-0.05, 0) is 44.2 Å². The lowest BCUT2D eigenvalue weighted by molar-refractivity contribution is -0.146. The summed E-state index contributed by atoms with van der Waals surface area (Å²) in [5, 5.41) is 21.6. The normalized spacial score (nSPS) is 24.8. The fourth-order valence-electron chi connectivity index (χ4n) is 6.68. The molecule has 1 spiro atoms. The van der Waals surface area contributed by atoms with Gasteiger partial charge in [0.1, 0.15) is 22.3 Å². The molecule has 2 aliphatic carbocycles. The Labute approximate surface area is 231 Å². The van der Waals surface area contributed by atoms with E-state index in [0.29, 0.717) is 18.0 Å². The molecule has 10 nitrogen and oxygen atoms in total. The lowest BCUT2D eigenvalue weighted by atomic mass is 9.94. The molecular weight excluding hydrogens is 544 g/mol. The third kappa shape index (κ3) is 3.66. The van der Waals surface area contributed by atoms with E-state index in [4.69, 9.17) is 4.74 Å². The number of carbonyl (C=O) groups is 2. The van der Waals surface area contributed by atoms with Gasteiger partial charge in [0, 0.05) is 38.2 Å². The monoisotopic (exact) mass is 571 g/mol. The van der Waals surface area contributed by atoms with Gasteiger partial charge in [0.2, 0.25) is 5.43 Å². The van der Waals surface area contributed by atoms with Crippen molar-refractivity contribution in [2.75, 3.05) is 25.2 Å². The third-order valence-corrected chi connectivity index (χ3v) is 9.40. The van der Waals surface area contributed by atoms with Crippen LogP contribution < -0.4 is 10.4 Å². The molecule has 4 atom stereocenters. The molecule has 2 aromatic heterocycles. The van der Waals surface area contributed by atoms with E-state index in [9.17, 15) is 28.3 Å². The second kappa shape index (κ2) is 9.36. The van der Waals surface area contributed by atoms with Crippen molar-refractivity contribution in [2.45, 2.75) is 38.8 Å². The highest BCUT2D eigenvalue weighted by Crippen LogP contribution is 2.65. The first-order valence-electron chi connectivity index (χ1n) is 13.1. The Kier molecular flexibility index (Phi) is 6.17. The summed E-state index contributed by atoms with van der Waals surface area (Å²) in [6.07, 6.45) is 2.84. The molecule has 1 aliphatic heterocycles. The van der Waals surface area contributed by atoms with E-state index >= 15 is 0 Å². The quantitative estimate of drug-likeness (QED) is 0.449. The minimum absolute atomic E-state index is 0.0246. The van der Waals surface area contributed by atoms with Crippen LogP contribution in [0.3, 0.4) is 0 Å². The van der Waals surface area contributed by atoms with Gasteiger partial charge in [-0.3, -0.25) is 24.1 Å². The highest BCUT2D eigenvalue weighted by molar-refractivity contribution is 7.14. The fourth-order valence-corrected chi connectivity index (χ4v) is 7.55. The molecule has 0 radical (unpaired) electrons. The summed E-state index contributed by atoms with van der Waals surface area (Å²) >= 11 is 1.03. The zero-order valence-electron chi connectivity index (χ0n) is 22.1. The average molecular weight is 572 g/mol. The van der Waals surface area contributed by atoms with Crippen LogP contribution in [0.1, 0.15) is 47.7 Å². The number of esters is 1. The van der Waals surface area contributed by atoms with Crippen molar-refractivity contribution in [3.63, 3.8) is 0 Å². The number of amides is 1. The van der Waals surface area contributed by atoms with Crippen molar-refractivity contribution in [2.24, 2.45) is 17.8 Å². The number of rotatable bonds is 6. The molecule has 1 N–H and O–H groups in total. The first kappa shape index (κ1) is 26.4. The fraction of sp³-hybridized carbons (Fsp3) is 0.444. The second-order valence-corrected chi connectivity index (χ2v) is 11.3. The Bertz CT molecular complexity index is 1610. The molecule has 1 aromatic carbocycles. The molecule has 1 unspecified atom stereocenters. The van der Waals surface area contributed by atoms with Crippen molar-refractivity contribution >= 4 is 23.2 Å². The number of hydrogen-bond acceptors (Lipinski definition) is 9. The van der Waals surface area contributed by atoms with Crippen molar-refractivity contribution in [1.82, 2.24) is 19.8 Å². The predicted molar refractivity (Wildman–Crippen MR) is 140 cm³/mol. The van der Waals surface area contributed by atoms with Gasteiger partial charge in [-0.2, -0.15) is 0 Å². The molecule has 40 heavy (non-hydrogen) atoms. The van der Waals surface area contributed by atoms with Crippen LogP contribution in [0.15, 0.2) is 29.2 Å². The number of pyridine rings is 1. The zero-order valence-corrected chi connectivity index (χ0v) is 22.9. The Morgan fingerprint density at radius 2 is 2.02 bits per heavy atom. The standard InChI is InChI=1S/C27H27F2N5O5S/c1-4-33-25(37)21-23(36)22(35)16(24-31-30-18(40-24)10-13-6-7-14(28)11-17(13)29)12-34(21)32(3)27(33)9-8-15-19(20(15)27)26(38)39-5-2/h6-7,11-12,15,19-20,36H,4-5,8-10H2,1-3H3/t15-,19-,20-,27?/m0/s1. The minimum atomic E-state index is -0.841. The van der Waals surface area contributed by atoms with Crippen LogP contribution in [0.4, 0.5) is 8.78 Å². The van der Waals surface area contributed by atoms with E-state index in [1.807, 2.05) is 11.9 Å². The number of carbonyl (C=O) groups excluding carboxylic acids is 2. The van der Waals surface area contributed by atoms with Gasteiger partial charge >= 0.3 is 5.97 Å². The van der Waals surface area contributed by atoms with Crippen LogP contribution >= 0.6 is 11.3 Å². The van der Waals surface area contributed by atoms with Gasteiger partial charge in [0.25, 0.3) is 5.91 Å². The van der Waals surface area contributed by atoms with E-state index in [2.05, 4.69) is 10.2 Å². The molecule has 2 fully saturated rings. The predicted octanol–water partition coefficient (Wildman–Crippen LogP) is 2.90. The number of aromatic nitrogens is 3. The van der Waals surface area contributed by atoms with Crippen LogP contribution in [0.5, 0.6) is 5.75 Å². The molecule has 13 heteroatoms. The summed E-state index contributed by atoms with van der Waals surface area (Å²) in [6, 6.07) is 3.25. The summed E-state index contributed by atoms with van der Waals surface area (Å²) < 4.78 is 34.2. The van der Waals surface area contributed by atoms with E-state index in [0.717, 1.165) is 29.9 Å². The van der Waals surface area contributed by atoms with Crippen molar-refractivity contribution in [3.05, 3.63) is 62.5 Å². The van der Waals surface area contributed by atoms with Crippen molar-refractivity contribution in [1.29, 1.82) is 0 Å². The van der Waals surface area contributed by atoms with Crippen LogP contribution in [0, 0.1) is 29.4 Å². The van der Waals surface area contributed by atoms with Gasteiger partial charge in [-0.1, -0.05) is 17.4 Å². The smallest absolute Gasteiger partial charge is 0.309 e. The Morgan fingerprint density at radius 1 is 1.25 bits per heavy atom. The van der Waals surface area contributed by atoms with Crippen LogP contribution in [0.2, 0.25) is 0 Å². The van der Waals surface area contributed by atoms with Crippen LogP contribution in [-0.2, 0) is 16.0 Å². The molecule has 1 amide bonds. The number of ether oxygens (including phenoxy) is 1. The largest absolute Gasteiger partial charge is 0.502 e. The number of nitrogens with zero attached hydrogens (tertiary/aromatic N) is 5. The molecule has 0 bridgehead atoms. The average Bonchev–Trinajstić information content (AvgIpc) is 3.25. The van der Waals surface area contributed by atoms with Gasteiger partial charge in [0.15, 0.2) is 16.5 Å². The maximum atomic E-state index is 14.2. The SMILES string of the molecule is CCOC(=O)[C@H]1[C@@H]2CCC3([C@@H]21)N(CC)C(=O)c1c(O)c(=O)c(-c2nnc(Cc4ccc(F)cc4F)s2)cn1N3C. The van der Waals surface area contributed by atoms with Gasteiger partial charge in [-0.25, -0.2) is 8.78 Å². The molecular formula is C27H27F2N5O5S. The Morgan fingerprint density at radius 3 is 2.73 bits per heavy atom. The maximum absolute atomic E-state index is 14.2. The molecule has 6 rings (SSSR count). The highest BCUT2D eigenvalue weighted by atomic mass is 32.1. The van der Waals surface area contributed by atoms with E-state index < -0.39 is 34.4 Å². The van der Waals surface area contributed by atoms with Gasteiger partial charge in [0.05, 0.1) is 18.1 Å². The summed E-state index contributed by atoms with van der Waals surface area (Å²) in [5.41, 5.74) is -1.55. The number of benzene rings is 1. The summed E-state index contributed by atoms with van der Waals surface area (Å²) in [6.45, 7) is 4.17. The lowest BCUT2D eigenvalue weighted by Gasteiger charge is -2.54. The van der Waals surface area contributed by atoms with E-state index in [-0.39, 0.29) is 58.6 Å². The minimum Gasteiger partial charge on any atom is -0.502 e. The van der Waals surface area contributed by atoms with Crippen molar-refractivity contribution in [3.8, 4) is 16.3 Å². The first-order chi connectivity index (χ1) is 19.1. The number of hydrogen-bond donors (Lipinski definition) is 1. The number of aromatic hydroxyl groups is 1. The second-order valence-electron chi connectivity index (χ2n) is 10.3. The van der Waals surface area contributed by atoms with E-state index in [1.165, 1.54) is 16.9 Å². The van der Waals surface area contributed by atoms with Crippen LogP contribution in [0.25, 0.3) is 10.6 Å². The number of halogens is 2. The van der Waals surface area contributed by atoms with Crippen LogP contribution in [-0.4, -0.2) is 62.6 Å². The highest BCUT2D eigenvalue weighted by Gasteiger charge is 2.73. The molecule has 3 aliphatic rings. The maximum Gasteiger partial charge on any atom is 0.309 e. The molecule has 210 valence electrons.